The topological polar surface area (TPSA) is 77.0 Å². The van der Waals surface area contributed by atoms with Crippen LogP contribution in [0.5, 0.6) is 0 Å². The van der Waals surface area contributed by atoms with Crippen LogP contribution in [-0.4, -0.2) is 26.7 Å². The smallest absolute Gasteiger partial charge is 0.102 e. The van der Waals surface area contributed by atoms with Gasteiger partial charge in [0.2, 0.25) is 0 Å². The van der Waals surface area contributed by atoms with Crippen LogP contribution in [0, 0.1) is 0 Å². The van der Waals surface area contributed by atoms with E-state index in [0.29, 0.717) is 5.69 Å². The van der Waals surface area contributed by atoms with Gasteiger partial charge >= 0.3 is 0 Å². The molecule has 2 aromatic rings. The Labute approximate surface area is 87.1 Å². The predicted molar refractivity (Wildman–Crippen MR) is 55.4 cm³/mol. The van der Waals surface area contributed by atoms with Crippen LogP contribution in [0.1, 0.15) is 11.7 Å². The Morgan fingerprint density at radius 2 is 2.07 bits per heavy atom. The number of aliphatic hydroxyl groups excluding tert-OH is 1. The molecule has 5 nitrogen and oxygen atoms in total. The van der Waals surface area contributed by atoms with Crippen LogP contribution in [0.4, 0.5) is 0 Å². The molecule has 5 heteroatoms. The van der Waals surface area contributed by atoms with E-state index in [9.17, 15) is 0 Å². The van der Waals surface area contributed by atoms with Crippen LogP contribution >= 0.6 is 0 Å². The molecule has 0 spiro atoms. The highest BCUT2D eigenvalue weighted by atomic mass is 16.3. The molecule has 0 saturated heterocycles. The van der Waals surface area contributed by atoms with Crippen molar-refractivity contribution in [3.63, 3.8) is 0 Å². The molecule has 0 aliphatic heterocycles. The summed E-state index contributed by atoms with van der Waals surface area (Å²) in [7, 11) is 0. The van der Waals surface area contributed by atoms with Gasteiger partial charge in [0.1, 0.15) is 5.69 Å². The van der Waals surface area contributed by atoms with Crippen molar-refractivity contribution in [1.29, 1.82) is 0 Å². The number of aromatic nitrogens is 3. The maximum Gasteiger partial charge on any atom is 0.102 e. The highest BCUT2D eigenvalue weighted by Crippen LogP contribution is 2.09. The quantitative estimate of drug-likeness (QED) is 0.751. The van der Waals surface area contributed by atoms with Gasteiger partial charge in [-0.2, -0.15) is 0 Å². The lowest BCUT2D eigenvalue weighted by Crippen LogP contribution is -2.14. The second-order valence-corrected chi connectivity index (χ2v) is 3.21. The van der Waals surface area contributed by atoms with E-state index in [1.807, 2.05) is 30.3 Å². The molecule has 1 heterocycles. The number of nitrogens with zero attached hydrogens (tertiary/aromatic N) is 3. The standard InChI is InChI=1S/C10H12N4O/c11-9(7-15)10-6-14(13-12-10)8-4-2-1-3-5-8/h1-6,9,15H,7,11H2/t9-/m1/s1. The lowest BCUT2D eigenvalue weighted by molar-refractivity contribution is 0.266. The SMILES string of the molecule is N[C@H](CO)c1cn(-c2ccccc2)nn1. The zero-order valence-corrected chi connectivity index (χ0v) is 8.11. The van der Waals surface area contributed by atoms with Crippen molar-refractivity contribution >= 4 is 0 Å². The number of hydrogen-bond donors (Lipinski definition) is 2. The van der Waals surface area contributed by atoms with Gasteiger partial charge < -0.3 is 10.8 Å². The normalized spacial score (nSPS) is 12.7. The van der Waals surface area contributed by atoms with Crippen molar-refractivity contribution in [3.8, 4) is 5.69 Å². The highest BCUT2D eigenvalue weighted by molar-refractivity contribution is 5.30. The molecule has 0 bridgehead atoms. The first-order valence-electron chi connectivity index (χ1n) is 4.65. The van der Waals surface area contributed by atoms with Crippen molar-refractivity contribution in [2.75, 3.05) is 6.61 Å². The molecule has 3 N–H and O–H groups in total. The summed E-state index contributed by atoms with van der Waals surface area (Å²) < 4.78 is 1.63. The summed E-state index contributed by atoms with van der Waals surface area (Å²) >= 11 is 0. The molecule has 0 unspecified atom stereocenters. The van der Waals surface area contributed by atoms with Crippen LogP contribution in [0.3, 0.4) is 0 Å². The number of benzene rings is 1. The van der Waals surface area contributed by atoms with Gasteiger partial charge in [-0.3, -0.25) is 0 Å². The fourth-order valence-electron chi connectivity index (χ4n) is 1.25. The van der Waals surface area contributed by atoms with E-state index in [-0.39, 0.29) is 6.61 Å². The first-order chi connectivity index (χ1) is 7.31. The fraction of sp³-hybridized carbons (Fsp3) is 0.200. The van der Waals surface area contributed by atoms with Gasteiger partial charge in [0.25, 0.3) is 0 Å². The van der Waals surface area contributed by atoms with Gasteiger partial charge in [0.05, 0.1) is 24.5 Å². The molecule has 0 aliphatic carbocycles. The summed E-state index contributed by atoms with van der Waals surface area (Å²) in [5, 5.41) is 16.7. The third-order valence-corrected chi connectivity index (χ3v) is 2.11. The van der Waals surface area contributed by atoms with Gasteiger partial charge in [-0.15, -0.1) is 5.10 Å². The molecule has 0 radical (unpaired) electrons. The Bertz CT molecular complexity index is 426. The minimum Gasteiger partial charge on any atom is -0.394 e. The zero-order valence-electron chi connectivity index (χ0n) is 8.11. The molecule has 78 valence electrons. The van der Waals surface area contributed by atoms with E-state index in [0.717, 1.165) is 5.69 Å². The van der Waals surface area contributed by atoms with E-state index in [4.69, 9.17) is 10.8 Å². The first-order valence-corrected chi connectivity index (χ1v) is 4.65. The average molecular weight is 204 g/mol. The van der Waals surface area contributed by atoms with Crippen molar-refractivity contribution in [3.05, 3.63) is 42.2 Å². The molecule has 1 aromatic heterocycles. The van der Waals surface area contributed by atoms with Crippen molar-refractivity contribution < 1.29 is 5.11 Å². The summed E-state index contributed by atoms with van der Waals surface area (Å²) in [5.74, 6) is 0. The summed E-state index contributed by atoms with van der Waals surface area (Å²) in [6.45, 7) is -0.131. The monoisotopic (exact) mass is 204 g/mol. The lowest BCUT2D eigenvalue weighted by atomic mass is 10.2. The van der Waals surface area contributed by atoms with Crippen LogP contribution in [0.25, 0.3) is 5.69 Å². The average Bonchev–Trinajstić information content (AvgIpc) is 2.78. The Hall–Kier alpha value is -1.72. The van der Waals surface area contributed by atoms with Gasteiger partial charge in [-0.1, -0.05) is 23.4 Å². The van der Waals surface area contributed by atoms with Crippen LogP contribution in [-0.2, 0) is 0 Å². The van der Waals surface area contributed by atoms with Crippen LogP contribution in [0.2, 0.25) is 0 Å². The van der Waals surface area contributed by atoms with Crippen LogP contribution < -0.4 is 5.73 Å². The summed E-state index contributed by atoms with van der Waals surface area (Å²) in [6, 6.07) is 9.14. The largest absolute Gasteiger partial charge is 0.394 e. The van der Waals surface area contributed by atoms with Gasteiger partial charge in [0, 0.05) is 0 Å². The first kappa shape index (κ1) is 9.82. The molecule has 1 atom stereocenters. The Balaban J connectivity index is 2.28. The van der Waals surface area contributed by atoms with Gasteiger partial charge in [0.15, 0.2) is 0 Å². The molecular formula is C10H12N4O. The fourth-order valence-corrected chi connectivity index (χ4v) is 1.25. The van der Waals surface area contributed by atoms with E-state index < -0.39 is 6.04 Å². The molecule has 1 aromatic carbocycles. The van der Waals surface area contributed by atoms with E-state index in [1.54, 1.807) is 10.9 Å². The molecule has 15 heavy (non-hydrogen) atoms. The van der Waals surface area contributed by atoms with E-state index in [2.05, 4.69) is 10.3 Å². The third kappa shape index (κ3) is 2.03. The summed E-state index contributed by atoms with van der Waals surface area (Å²) in [5.41, 5.74) is 7.12. The minimum absolute atomic E-state index is 0.131. The molecular weight excluding hydrogens is 192 g/mol. The van der Waals surface area contributed by atoms with Crippen LogP contribution in [0.15, 0.2) is 36.5 Å². The summed E-state index contributed by atoms with van der Waals surface area (Å²) in [6.07, 6.45) is 1.72. The second kappa shape index (κ2) is 4.20. The summed E-state index contributed by atoms with van der Waals surface area (Å²) in [4.78, 5) is 0. The Morgan fingerprint density at radius 3 is 2.73 bits per heavy atom. The number of rotatable bonds is 3. The van der Waals surface area contributed by atoms with E-state index >= 15 is 0 Å². The number of aliphatic hydroxyl groups is 1. The number of hydrogen-bond acceptors (Lipinski definition) is 4. The minimum atomic E-state index is -0.470. The van der Waals surface area contributed by atoms with Gasteiger partial charge in [-0.25, -0.2) is 4.68 Å². The molecule has 0 saturated carbocycles. The predicted octanol–water partition coefficient (Wildman–Crippen LogP) is 0.259. The molecule has 2 rings (SSSR count). The number of nitrogens with two attached hydrogens (primary N) is 1. The number of para-hydroxylation sites is 1. The maximum absolute atomic E-state index is 8.87. The molecule has 0 amide bonds. The van der Waals surface area contributed by atoms with Crippen molar-refractivity contribution in [2.45, 2.75) is 6.04 Å². The third-order valence-electron chi connectivity index (χ3n) is 2.11. The highest BCUT2D eigenvalue weighted by Gasteiger charge is 2.09. The molecule has 0 fully saturated rings. The Kier molecular flexibility index (Phi) is 2.75. The molecule has 0 aliphatic rings. The lowest BCUT2D eigenvalue weighted by Gasteiger charge is -2.01. The van der Waals surface area contributed by atoms with Gasteiger partial charge in [-0.05, 0) is 12.1 Å². The Morgan fingerprint density at radius 1 is 1.33 bits per heavy atom. The zero-order chi connectivity index (χ0) is 10.7. The van der Waals surface area contributed by atoms with Crippen molar-refractivity contribution in [1.82, 2.24) is 15.0 Å². The second-order valence-electron chi connectivity index (χ2n) is 3.21. The van der Waals surface area contributed by atoms with E-state index in [1.165, 1.54) is 0 Å². The van der Waals surface area contributed by atoms with Crippen molar-refractivity contribution in [2.24, 2.45) is 5.73 Å². The maximum atomic E-state index is 8.87.